The summed E-state index contributed by atoms with van der Waals surface area (Å²) in [5.74, 6) is 0.789. The molecule has 0 spiro atoms. The predicted octanol–water partition coefficient (Wildman–Crippen LogP) is 3.03. The van der Waals surface area contributed by atoms with Gasteiger partial charge < -0.3 is 20.0 Å². The molecule has 0 aromatic carbocycles. The van der Waals surface area contributed by atoms with Gasteiger partial charge in [-0.3, -0.25) is 4.79 Å². The summed E-state index contributed by atoms with van der Waals surface area (Å²) in [7, 11) is 0. The van der Waals surface area contributed by atoms with E-state index in [1.54, 1.807) is 4.90 Å². The van der Waals surface area contributed by atoms with Crippen LogP contribution in [0, 0.1) is 11.8 Å². The molecule has 0 aliphatic heterocycles. The summed E-state index contributed by atoms with van der Waals surface area (Å²) in [6.45, 7) is 12.3. The molecule has 0 fully saturated rings. The molecule has 1 aromatic heterocycles. The SMILES string of the molecule is CCCCNC(=O)N(Cc1nc(C(=O)NCC(C)C)co1)CC(C)C. The third-order valence-electron chi connectivity index (χ3n) is 3.46. The Hall–Kier alpha value is -2.05. The van der Waals surface area contributed by atoms with Gasteiger partial charge in [0.2, 0.25) is 5.89 Å². The quantitative estimate of drug-likeness (QED) is 0.634. The number of urea groups is 1. The van der Waals surface area contributed by atoms with Gasteiger partial charge in [0.15, 0.2) is 5.69 Å². The van der Waals surface area contributed by atoms with Crippen molar-refractivity contribution in [1.29, 1.82) is 0 Å². The number of nitrogens with zero attached hydrogens (tertiary/aromatic N) is 2. The fraction of sp³-hybridized carbons (Fsp3) is 0.722. The molecule has 3 amide bonds. The Morgan fingerprint density at radius 3 is 2.52 bits per heavy atom. The van der Waals surface area contributed by atoms with E-state index in [1.807, 2.05) is 27.7 Å². The van der Waals surface area contributed by atoms with Crippen molar-refractivity contribution in [1.82, 2.24) is 20.5 Å². The first-order valence-electron chi connectivity index (χ1n) is 9.08. The number of oxazole rings is 1. The minimum Gasteiger partial charge on any atom is -0.446 e. The van der Waals surface area contributed by atoms with E-state index in [4.69, 9.17) is 4.42 Å². The standard InChI is InChI=1S/C18H32N4O3/c1-6-7-8-19-18(24)22(10-14(4)5)11-16-21-15(12-25-16)17(23)20-9-13(2)3/h12-14H,6-11H2,1-5H3,(H,19,24)(H,20,23). The second kappa shape index (κ2) is 10.7. The molecule has 0 saturated heterocycles. The second-order valence-electron chi connectivity index (χ2n) is 7.09. The van der Waals surface area contributed by atoms with Crippen molar-refractivity contribution in [3.63, 3.8) is 0 Å². The minimum atomic E-state index is -0.258. The molecule has 0 aliphatic rings. The molecular formula is C18H32N4O3. The molecule has 1 aromatic rings. The zero-order valence-electron chi connectivity index (χ0n) is 16.1. The number of amides is 3. The average molecular weight is 352 g/mol. The normalized spacial score (nSPS) is 11.0. The third kappa shape index (κ3) is 8.05. The molecule has 1 heterocycles. The number of rotatable bonds is 10. The number of aromatic nitrogens is 1. The van der Waals surface area contributed by atoms with Gasteiger partial charge in [-0.1, -0.05) is 41.0 Å². The summed E-state index contributed by atoms with van der Waals surface area (Å²) in [5, 5.41) is 5.71. The highest BCUT2D eigenvalue weighted by atomic mass is 16.3. The molecule has 0 saturated carbocycles. The van der Waals surface area contributed by atoms with E-state index in [0.29, 0.717) is 37.4 Å². The zero-order valence-corrected chi connectivity index (χ0v) is 16.1. The molecular weight excluding hydrogens is 320 g/mol. The van der Waals surface area contributed by atoms with Gasteiger partial charge in [0.1, 0.15) is 6.26 Å². The van der Waals surface area contributed by atoms with Gasteiger partial charge in [0, 0.05) is 19.6 Å². The third-order valence-corrected chi connectivity index (χ3v) is 3.46. The van der Waals surface area contributed by atoms with Crippen LogP contribution in [0.5, 0.6) is 0 Å². The van der Waals surface area contributed by atoms with Crippen LogP contribution in [0.2, 0.25) is 0 Å². The van der Waals surface area contributed by atoms with E-state index in [9.17, 15) is 9.59 Å². The van der Waals surface area contributed by atoms with Crippen LogP contribution in [0.3, 0.4) is 0 Å². The van der Waals surface area contributed by atoms with E-state index in [0.717, 1.165) is 12.8 Å². The number of hydrogen-bond acceptors (Lipinski definition) is 4. The van der Waals surface area contributed by atoms with Crippen LogP contribution in [0.4, 0.5) is 4.79 Å². The van der Waals surface area contributed by atoms with Crippen molar-refractivity contribution >= 4 is 11.9 Å². The largest absolute Gasteiger partial charge is 0.446 e. The lowest BCUT2D eigenvalue weighted by Crippen LogP contribution is -2.41. The van der Waals surface area contributed by atoms with Crippen molar-refractivity contribution in [2.75, 3.05) is 19.6 Å². The van der Waals surface area contributed by atoms with Gasteiger partial charge in [-0.15, -0.1) is 0 Å². The molecule has 1 rings (SSSR count). The van der Waals surface area contributed by atoms with Gasteiger partial charge >= 0.3 is 6.03 Å². The van der Waals surface area contributed by atoms with Crippen molar-refractivity contribution in [2.24, 2.45) is 11.8 Å². The molecule has 0 atom stereocenters. The van der Waals surface area contributed by atoms with Crippen LogP contribution >= 0.6 is 0 Å². The molecule has 0 radical (unpaired) electrons. The monoisotopic (exact) mass is 352 g/mol. The highest BCUT2D eigenvalue weighted by molar-refractivity contribution is 5.91. The first-order valence-corrected chi connectivity index (χ1v) is 9.08. The summed E-state index contributed by atoms with van der Waals surface area (Å²) < 4.78 is 5.39. The maximum absolute atomic E-state index is 12.3. The fourth-order valence-electron chi connectivity index (χ4n) is 2.18. The molecule has 25 heavy (non-hydrogen) atoms. The number of carbonyl (C=O) groups excluding carboxylic acids is 2. The Labute approximate surface area is 150 Å². The van der Waals surface area contributed by atoms with Gasteiger partial charge in [-0.25, -0.2) is 9.78 Å². The smallest absolute Gasteiger partial charge is 0.317 e. The number of unbranched alkanes of at least 4 members (excludes halogenated alkanes) is 1. The summed E-state index contributed by atoms with van der Waals surface area (Å²) in [6.07, 6.45) is 3.31. The molecule has 0 bridgehead atoms. The fourth-order valence-corrected chi connectivity index (χ4v) is 2.18. The topological polar surface area (TPSA) is 87.5 Å². The van der Waals surface area contributed by atoms with Crippen LogP contribution in [0.15, 0.2) is 10.7 Å². The predicted molar refractivity (Wildman–Crippen MR) is 97.2 cm³/mol. The van der Waals surface area contributed by atoms with Crippen LogP contribution in [-0.2, 0) is 6.54 Å². The summed E-state index contributed by atoms with van der Waals surface area (Å²) in [5.41, 5.74) is 0.242. The van der Waals surface area contributed by atoms with Crippen LogP contribution < -0.4 is 10.6 Å². The van der Waals surface area contributed by atoms with Gasteiger partial charge in [-0.2, -0.15) is 0 Å². The Kier molecular flexibility index (Phi) is 9.02. The Bertz CT molecular complexity index is 540. The molecule has 0 aliphatic carbocycles. The molecule has 0 unspecified atom stereocenters. The van der Waals surface area contributed by atoms with Crippen LogP contribution in [0.1, 0.15) is 63.8 Å². The van der Waals surface area contributed by atoms with E-state index in [1.165, 1.54) is 6.26 Å². The molecule has 142 valence electrons. The molecule has 7 nitrogen and oxygen atoms in total. The summed E-state index contributed by atoms with van der Waals surface area (Å²) in [4.78, 5) is 30.2. The lowest BCUT2D eigenvalue weighted by atomic mass is 10.2. The molecule has 7 heteroatoms. The van der Waals surface area contributed by atoms with Gasteiger partial charge in [-0.05, 0) is 18.3 Å². The van der Waals surface area contributed by atoms with Crippen LogP contribution in [0.25, 0.3) is 0 Å². The Morgan fingerprint density at radius 1 is 1.20 bits per heavy atom. The van der Waals surface area contributed by atoms with Crippen molar-refractivity contribution < 1.29 is 14.0 Å². The minimum absolute atomic E-state index is 0.133. The molecule has 2 N–H and O–H groups in total. The maximum atomic E-state index is 12.3. The highest BCUT2D eigenvalue weighted by Gasteiger charge is 2.19. The number of hydrogen-bond donors (Lipinski definition) is 2. The van der Waals surface area contributed by atoms with Gasteiger partial charge in [0.25, 0.3) is 5.91 Å². The lowest BCUT2D eigenvalue weighted by molar-refractivity contribution is 0.0944. The maximum Gasteiger partial charge on any atom is 0.317 e. The van der Waals surface area contributed by atoms with Crippen LogP contribution in [-0.4, -0.2) is 41.5 Å². The van der Waals surface area contributed by atoms with Crippen molar-refractivity contribution in [3.8, 4) is 0 Å². The second-order valence-corrected chi connectivity index (χ2v) is 7.09. The lowest BCUT2D eigenvalue weighted by Gasteiger charge is -2.23. The van der Waals surface area contributed by atoms with E-state index in [-0.39, 0.29) is 24.2 Å². The van der Waals surface area contributed by atoms with Gasteiger partial charge in [0.05, 0.1) is 6.54 Å². The Balaban J connectivity index is 2.67. The van der Waals surface area contributed by atoms with Crippen molar-refractivity contribution in [3.05, 3.63) is 17.8 Å². The highest BCUT2D eigenvalue weighted by Crippen LogP contribution is 2.09. The van der Waals surface area contributed by atoms with E-state index >= 15 is 0 Å². The summed E-state index contributed by atoms with van der Waals surface area (Å²) in [6, 6.07) is -0.133. The van der Waals surface area contributed by atoms with Crippen molar-refractivity contribution in [2.45, 2.75) is 54.0 Å². The Morgan fingerprint density at radius 2 is 1.92 bits per heavy atom. The summed E-state index contributed by atoms with van der Waals surface area (Å²) >= 11 is 0. The first-order chi connectivity index (χ1) is 11.8. The number of carbonyl (C=O) groups is 2. The van der Waals surface area contributed by atoms with E-state index < -0.39 is 0 Å². The first kappa shape index (κ1) is 21.0. The zero-order chi connectivity index (χ0) is 18.8. The van der Waals surface area contributed by atoms with E-state index in [2.05, 4.69) is 22.5 Å². The number of nitrogens with one attached hydrogen (secondary N) is 2. The average Bonchev–Trinajstić information content (AvgIpc) is 3.00.